The van der Waals surface area contributed by atoms with Crippen LogP contribution in [0.15, 0.2) is 0 Å². The minimum atomic E-state index is -0.632. The van der Waals surface area contributed by atoms with Crippen LogP contribution in [0.25, 0.3) is 0 Å². The van der Waals surface area contributed by atoms with E-state index in [4.69, 9.17) is 14.2 Å². The third-order valence-corrected chi connectivity index (χ3v) is 2.61. The van der Waals surface area contributed by atoms with Crippen LogP contribution in [0.3, 0.4) is 0 Å². The molecule has 2 heterocycles. The van der Waals surface area contributed by atoms with Gasteiger partial charge < -0.3 is 19.1 Å². The van der Waals surface area contributed by atoms with E-state index in [0.29, 0.717) is 32.9 Å². The van der Waals surface area contributed by atoms with Gasteiger partial charge in [-0.25, -0.2) is 0 Å². The molecule has 0 aromatic rings. The first-order chi connectivity index (χ1) is 7.08. The molecule has 2 aliphatic heterocycles. The van der Waals surface area contributed by atoms with Gasteiger partial charge in [0.25, 0.3) is 5.91 Å². The Bertz CT molecular complexity index is 248. The molecule has 1 amide bonds. The summed E-state index contributed by atoms with van der Waals surface area (Å²) in [6.45, 7) is 6.52. The smallest absolute Gasteiger partial charge is 0.254 e. The summed E-state index contributed by atoms with van der Waals surface area (Å²) in [5.41, 5.74) is 0. The van der Waals surface area contributed by atoms with Crippen LogP contribution in [0.1, 0.15) is 13.8 Å². The van der Waals surface area contributed by atoms with Crippen molar-refractivity contribution in [3.05, 3.63) is 0 Å². The van der Waals surface area contributed by atoms with Gasteiger partial charge >= 0.3 is 0 Å². The molecule has 0 aromatic heterocycles. The molecule has 2 aliphatic rings. The Morgan fingerprint density at radius 2 is 2.00 bits per heavy atom. The van der Waals surface area contributed by atoms with Crippen molar-refractivity contribution in [1.82, 2.24) is 4.90 Å². The van der Waals surface area contributed by atoms with Gasteiger partial charge in [0.05, 0.1) is 19.8 Å². The van der Waals surface area contributed by atoms with Crippen molar-refractivity contribution < 1.29 is 19.0 Å². The minimum Gasteiger partial charge on any atom is -0.378 e. The van der Waals surface area contributed by atoms with Gasteiger partial charge in [-0.1, -0.05) is 0 Å². The molecule has 2 rings (SSSR count). The van der Waals surface area contributed by atoms with Crippen molar-refractivity contribution in [2.24, 2.45) is 0 Å². The summed E-state index contributed by atoms with van der Waals surface area (Å²) in [7, 11) is 0. The molecule has 0 radical (unpaired) electrons. The average molecular weight is 215 g/mol. The molecule has 2 saturated heterocycles. The molecular weight excluding hydrogens is 198 g/mol. The van der Waals surface area contributed by atoms with E-state index < -0.39 is 11.9 Å². The summed E-state index contributed by atoms with van der Waals surface area (Å²) in [5, 5.41) is 0. The monoisotopic (exact) mass is 215 g/mol. The molecule has 0 spiro atoms. The number of ether oxygens (including phenoxy) is 3. The predicted octanol–water partition coefficient (Wildman–Crippen LogP) is -0.00330. The van der Waals surface area contributed by atoms with Crippen LogP contribution >= 0.6 is 0 Å². The maximum Gasteiger partial charge on any atom is 0.254 e. The van der Waals surface area contributed by atoms with E-state index in [9.17, 15) is 4.79 Å². The summed E-state index contributed by atoms with van der Waals surface area (Å²) >= 11 is 0. The Morgan fingerprint density at radius 3 is 2.53 bits per heavy atom. The second kappa shape index (κ2) is 4.08. The SMILES string of the molecule is CC1(C)OCC(C(=O)N2CCOCC2)O1. The lowest BCUT2D eigenvalue weighted by atomic mass is 10.3. The Balaban J connectivity index is 1.90. The number of morpholine rings is 1. The number of carbonyl (C=O) groups excluding carboxylic acids is 1. The van der Waals surface area contributed by atoms with E-state index in [0.717, 1.165) is 0 Å². The fourth-order valence-corrected chi connectivity index (χ4v) is 1.80. The van der Waals surface area contributed by atoms with Gasteiger partial charge in [-0.2, -0.15) is 0 Å². The van der Waals surface area contributed by atoms with E-state index in [-0.39, 0.29) is 5.91 Å². The molecule has 5 nitrogen and oxygen atoms in total. The fraction of sp³-hybridized carbons (Fsp3) is 0.900. The number of nitrogens with zero attached hydrogens (tertiary/aromatic N) is 1. The van der Waals surface area contributed by atoms with Crippen molar-refractivity contribution in [3.8, 4) is 0 Å². The molecule has 0 bridgehead atoms. The Morgan fingerprint density at radius 1 is 1.33 bits per heavy atom. The Kier molecular flexibility index (Phi) is 2.95. The van der Waals surface area contributed by atoms with E-state index in [1.165, 1.54) is 0 Å². The fourth-order valence-electron chi connectivity index (χ4n) is 1.80. The first-order valence-corrected chi connectivity index (χ1v) is 5.27. The number of carbonyl (C=O) groups is 1. The highest BCUT2D eigenvalue weighted by molar-refractivity contribution is 5.81. The second-order valence-electron chi connectivity index (χ2n) is 4.25. The quantitative estimate of drug-likeness (QED) is 0.617. The van der Waals surface area contributed by atoms with Crippen LogP contribution in [0.4, 0.5) is 0 Å². The van der Waals surface area contributed by atoms with Crippen molar-refractivity contribution in [3.63, 3.8) is 0 Å². The molecule has 0 aliphatic carbocycles. The summed E-state index contributed by atoms with van der Waals surface area (Å²) in [5.74, 6) is -0.615. The molecule has 0 N–H and O–H groups in total. The van der Waals surface area contributed by atoms with E-state index in [2.05, 4.69) is 0 Å². The standard InChI is InChI=1S/C10H17NO4/c1-10(2)14-7-8(15-10)9(12)11-3-5-13-6-4-11/h8H,3-7H2,1-2H3. The lowest BCUT2D eigenvalue weighted by Crippen LogP contribution is -2.46. The highest BCUT2D eigenvalue weighted by Crippen LogP contribution is 2.23. The minimum absolute atomic E-state index is 0.0175. The van der Waals surface area contributed by atoms with Crippen LogP contribution in [-0.2, 0) is 19.0 Å². The molecule has 0 saturated carbocycles. The van der Waals surface area contributed by atoms with E-state index in [1.54, 1.807) is 4.90 Å². The van der Waals surface area contributed by atoms with Gasteiger partial charge in [-0.05, 0) is 13.8 Å². The zero-order valence-corrected chi connectivity index (χ0v) is 9.19. The van der Waals surface area contributed by atoms with Gasteiger partial charge in [0.2, 0.25) is 0 Å². The van der Waals surface area contributed by atoms with Gasteiger partial charge in [0.15, 0.2) is 11.9 Å². The molecule has 5 heteroatoms. The Hall–Kier alpha value is -0.650. The van der Waals surface area contributed by atoms with E-state index >= 15 is 0 Å². The maximum absolute atomic E-state index is 12.0. The highest BCUT2D eigenvalue weighted by atomic mass is 16.7. The molecule has 86 valence electrons. The third-order valence-electron chi connectivity index (χ3n) is 2.61. The zero-order valence-electron chi connectivity index (χ0n) is 9.19. The topological polar surface area (TPSA) is 48.0 Å². The third kappa shape index (κ3) is 2.48. The average Bonchev–Trinajstić information content (AvgIpc) is 2.59. The molecule has 1 atom stereocenters. The number of hydrogen-bond donors (Lipinski definition) is 0. The second-order valence-corrected chi connectivity index (χ2v) is 4.25. The highest BCUT2D eigenvalue weighted by Gasteiger charge is 2.39. The largest absolute Gasteiger partial charge is 0.378 e. The van der Waals surface area contributed by atoms with Crippen LogP contribution < -0.4 is 0 Å². The first kappa shape index (κ1) is 10.9. The molecule has 15 heavy (non-hydrogen) atoms. The van der Waals surface area contributed by atoms with Gasteiger partial charge in [-0.3, -0.25) is 4.79 Å². The molecule has 1 unspecified atom stereocenters. The lowest BCUT2D eigenvalue weighted by Gasteiger charge is -2.28. The first-order valence-electron chi connectivity index (χ1n) is 5.27. The summed E-state index contributed by atoms with van der Waals surface area (Å²) in [6.07, 6.45) is -0.446. The van der Waals surface area contributed by atoms with Crippen molar-refractivity contribution in [2.45, 2.75) is 25.7 Å². The molecule has 2 fully saturated rings. The lowest BCUT2D eigenvalue weighted by molar-refractivity contribution is -0.162. The number of rotatable bonds is 1. The van der Waals surface area contributed by atoms with E-state index in [1.807, 2.05) is 13.8 Å². The molecule has 0 aromatic carbocycles. The number of amides is 1. The van der Waals surface area contributed by atoms with Crippen LogP contribution in [0, 0.1) is 0 Å². The molecular formula is C10H17NO4. The van der Waals surface area contributed by atoms with Crippen molar-refractivity contribution in [2.75, 3.05) is 32.9 Å². The summed E-state index contributed by atoms with van der Waals surface area (Å²) in [4.78, 5) is 13.7. The van der Waals surface area contributed by atoms with Gasteiger partial charge in [-0.15, -0.1) is 0 Å². The van der Waals surface area contributed by atoms with Gasteiger partial charge in [0, 0.05) is 13.1 Å². The maximum atomic E-state index is 12.0. The van der Waals surface area contributed by atoms with Crippen LogP contribution in [-0.4, -0.2) is 55.6 Å². The van der Waals surface area contributed by atoms with Crippen LogP contribution in [0.5, 0.6) is 0 Å². The number of hydrogen-bond acceptors (Lipinski definition) is 4. The van der Waals surface area contributed by atoms with Crippen molar-refractivity contribution >= 4 is 5.91 Å². The predicted molar refractivity (Wildman–Crippen MR) is 52.3 cm³/mol. The zero-order chi connectivity index (χ0) is 10.9. The van der Waals surface area contributed by atoms with Crippen LogP contribution in [0.2, 0.25) is 0 Å². The van der Waals surface area contributed by atoms with Crippen molar-refractivity contribution in [1.29, 1.82) is 0 Å². The Labute approximate surface area is 89.3 Å². The normalized spacial score (nSPS) is 30.5. The summed E-state index contributed by atoms with van der Waals surface area (Å²) < 4.78 is 16.1. The van der Waals surface area contributed by atoms with Gasteiger partial charge in [0.1, 0.15) is 0 Å². The summed E-state index contributed by atoms with van der Waals surface area (Å²) in [6, 6.07) is 0.